The zero-order chi connectivity index (χ0) is 13.8. The Bertz CT molecular complexity index is 303. The van der Waals surface area contributed by atoms with Crippen LogP contribution in [-0.4, -0.2) is 35.8 Å². The van der Waals surface area contributed by atoms with Gasteiger partial charge in [-0.3, -0.25) is 9.59 Å². The summed E-state index contributed by atoms with van der Waals surface area (Å²) in [7, 11) is 0. The van der Waals surface area contributed by atoms with Crippen molar-refractivity contribution in [3.8, 4) is 0 Å². The summed E-state index contributed by atoms with van der Waals surface area (Å²) < 4.78 is 0. The topological polar surface area (TPSA) is 49.4 Å². The first-order chi connectivity index (χ1) is 8.43. The number of hydrogen-bond acceptors (Lipinski definition) is 2. The summed E-state index contributed by atoms with van der Waals surface area (Å²) in [5.41, 5.74) is -0.964. The standard InChI is InChI=1S/C14H26N2O2/c1-5-16(6-2)13(18)14(3,4)12(17)15-11-9-7-8-10-11/h11H,5-10H2,1-4H3,(H,15,17). The van der Waals surface area contributed by atoms with Gasteiger partial charge in [-0.1, -0.05) is 12.8 Å². The molecule has 104 valence electrons. The van der Waals surface area contributed by atoms with Gasteiger partial charge in [0, 0.05) is 19.1 Å². The molecule has 1 fully saturated rings. The molecule has 0 aromatic carbocycles. The molecule has 1 rings (SSSR count). The minimum Gasteiger partial charge on any atom is -0.352 e. The second kappa shape index (κ2) is 6.21. The molecule has 2 amide bonds. The lowest BCUT2D eigenvalue weighted by atomic mass is 9.89. The molecule has 1 aliphatic rings. The summed E-state index contributed by atoms with van der Waals surface area (Å²) in [4.78, 5) is 26.3. The molecular formula is C14H26N2O2. The van der Waals surface area contributed by atoms with Gasteiger partial charge in [-0.25, -0.2) is 0 Å². The molecule has 1 saturated carbocycles. The van der Waals surface area contributed by atoms with Crippen LogP contribution in [0.2, 0.25) is 0 Å². The van der Waals surface area contributed by atoms with Crippen molar-refractivity contribution in [3.63, 3.8) is 0 Å². The van der Waals surface area contributed by atoms with Gasteiger partial charge in [0.25, 0.3) is 0 Å². The van der Waals surface area contributed by atoms with Crippen molar-refractivity contribution < 1.29 is 9.59 Å². The van der Waals surface area contributed by atoms with Gasteiger partial charge in [-0.2, -0.15) is 0 Å². The lowest BCUT2D eigenvalue weighted by Gasteiger charge is -2.30. The Hall–Kier alpha value is -1.06. The van der Waals surface area contributed by atoms with Crippen LogP contribution in [-0.2, 0) is 9.59 Å². The van der Waals surface area contributed by atoms with Crippen molar-refractivity contribution in [1.29, 1.82) is 0 Å². The van der Waals surface area contributed by atoms with Gasteiger partial charge < -0.3 is 10.2 Å². The smallest absolute Gasteiger partial charge is 0.237 e. The lowest BCUT2D eigenvalue weighted by molar-refractivity contribution is -0.148. The molecule has 0 aromatic rings. The fourth-order valence-electron chi connectivity index (χ4n) is 2.44. The van der Waals surface area contributed by atoms with E-state index in [1.54, 1.807) is 18.7 Å². The fraction of sp³-hybridized carbons (Fsp3) is 0.857. The summed E-state index contributed by atoms with van der Waals surface area (Å²) in [6.07, 6.45) is 4.44. The first-order valence-electron chi connectivity index (χ1n) is 7.03. The number of nitrogens with one attached hydrogen (secondary N) is 1. The quantitative estimate of drug-likeness (QED) is 0.762. The van der Waals surface area contributed by atoms with Crippen LogP contribution in [0.5, 0.6) is 0 Å². The van der Waals surface area contributed by atoms with Crippen molar-refractivity contribution in [3.05, 3.63) is 0 Å². The van der Waals surface area contributed by atoms with Gasteiger partial charge in [0.2, 0.25) is 11.8 Å². The summed E-state index contributed by atoms with van der Waals surface area (Å²) in [5, 5.41) is 3.02. The van der Waals surface area contributed by atoms with Crippen LogP contribution in [0.1, 0.15) is 53.4 Å². The van der Waals surface area contributed by atoms with Gasteiger partial charge in [0.15, 0.2) is 0 Å². The lowest BCUT2D eigenvalue weighted by Crippen LogP contribution is -2.51. The Balaban J connectivity index is 2.65. The van der Waals surface area contributed by atoms with Gasteiger partial charge in [0.05, 0.1) is 0 Å². The third-order valence-electron chi connectivity index (χ3n) is 3.84. The first-order valence-corrected chi connectivity index (χ1v) is 7.03. The van der Waals surface area contributed by atoms with Crippen LogP contribution in [0, 0.1) is 5.41 Å². The van der Waals surface area contributed by atoms with Gasteiger partial charge >= 0.3 is 0 Å². The molecule has 0 saturated heterocycles. The molecular weight excluding hydrogens is 228 g/mol. The highest BCUT2D eigenvalue weighted by Crippen LogP contribution is 2.23. The Morgan fingerprint density at radius 3 is 2.11 bits per heavy atom. The second-order valence-electron chi connectivity index (χ2n) is 5.56. The summed E-state index contributed by atoms with van der Waals surface area (Å²) >= 11 is 0. The van der Waals surface area contributed by atoms with Crippen molar-refractivity contribution >= 4 is 11.8 Å². The largest absolute Gasteiger partial charge is 0.352 e. The molecule has 0 heterocycles. The normalized spacial score (nSPS) is 16.7. The number of nitrogens with zero attached hydrogens (tertiary/aromatic N) is 1. The van der Waals surface area contributed by atoms with E-state index in [0.29, 0.717) is 13.1 Å². The van der Waals surface area contributed by atoms with Crippen LogP contribution < -0.4 is 5.32 Å². The number of carbonyl (C=O) groups excluding carboxylic acids is 2. The van der Waals surface area contributed by atoms with Crippen LogP contribution in [0.4, 0.5) is 0 Å². The maximum absolute atomic E-state index is 12.3. The molecule has 4 nitrogen and oxygen atoms in total. The van der Waals surface area contributed by atoms with Crippen molar-refractivity contribution in [2.24, 2.45) is 5.41 Å². The molecule has 18 heavy (non-hydrogen) atoms. The molecule has 0 bridgehead atoms. The first kappa shape index (κ1) is 15.0. The molecule has 0 aliphatic heterocycles. The Morgan fingerprint density at radius 1 is 1.17 bits per heavy atom. The maximum Gasteiger partial charge on any atom is 0.237 e. The number of hydrogen-bond donors (Lipinski definition) is 1. The summed E-state index contributed by atoms with van der Waals surface area (Å²) in [6, 6.07) is 0.265. The monoisotopic (exact) mass is 254 g/mol. The maximum atomic E-state index is 12.3. The average molecular weight is 254 g/mol. The second-order valence-corrected chi connectivity index (χ2v) is 5.56. The number of carbonyl (C=O) groups is 2. The van der Waals surface area contributed by atoms with E-state index in [2.05, 4.69) is 5.32 Å². The zero-order valence-corrected chi connectivity index (χ0v) is 12.1. The van der Waals surface area contributed by atoms with Gasteiger partial charge in [-0.05, 0) is 40.5 Å². The van der Waals surface area contributed by atoms with Crippen LogP contribution in [0.25, 0.3) is 0 Å². The Morgan fingerprint density at radius 2 is 1.67 bits per heavy atom. The SMILES string of the molecule is CCN(CC)C(=O)C(C)(C)C(=O)NC1CCCC1. The average Bonchev–Trinajstić information content (AvgIpc) is 2.83. The Kier molecular flexibility index (Phi) is 5.17. The predicted molar refractivity (Wildman–Crippen MR) is 72.1 cm³/mol. The molecule has 1 N–H and O–H groups in total. The highest BCUT2D eigenvalue weighted by Gasteiger charge is 2.39. The number of amides is 2. The van der Waals surface area contributed by atoms with E-state index in [1.807, 2.05) is 13.8 Å². The van der Waals surface area contributed by atoms with E-state index in [4.69, 9.17) is 0 Å². The van der Waals surface area contributed by atoms with Crippen LogP contribution in [0.3, 0.4) is 0 Å². The van der Waals surface area contributed by atoms with Crippen molar-refractivity contribution in [2.45, 2.75) is 59.4 Å². The minimum atomic E-state index is -0.964. The van der Waals surface area contributed by atoms with E-state index in [9.17, 15) is 9.59 Å². The molecule has 4 heteroatoms. The van der Waals surface area contributed by atoms with Crippen LogP contribution in [0.15, 0.2) is 0 Å². The van der Waals surface area contributed by atoms with E-state index in [1.165, 1.54) is 12.8 Å². The molecule has 0 spiro atoms. The molecule has 0 radical (unpaired) electrons. The molecule has 0 atom stereocenters. The predicted octanol–water partition coefficient (Wildman–Crippen LogP) is 1.94. The zero-order valence-electron chi connectivity index (χ0n) is 12.1. The fourth-order valence-corrected chi connectivity index (χ4v) is 2.44. The van der Waals surface area contributed by atoms with E-state index in [0.717, 1.165) is 12.8 Å². The molecule has 0 aromatic heterocycles. The summed E-state index contributed by atoms with van der Waals surface area (Å²) in [5.74, 6) is -0.214. The third-order valence-corrected chi connectivity index (χ3v) is 3.84. The molecule has 1 aliphatic carbocycles. The van der Waals surface area contributed by atoms with E-state index in [-0.39, 0.29) is 17.9 Å². The van der Waals surface area contributed by atoms with Crippen molar-refractivity contribution in [1.82, 2.24) is 10.2 Å². The minimum absolute atomic E-state index is 0.0806. The highest BCUT2D eigenvalue weighted by atomic mass is 16.2. The van der Waals surface area contributed by atoms with Gasteiger partial charge in [-0.15, -0.1) is 0 Å². The van der Waals surface area contributed by atoms with Crippen LogP contribution >= 0.6 is 0 Å². The third kappa shape index (κ3) is 3.24. The summed E-state index contributed by atoms with van der Waals surface area (Å²) in [6.45, 7) is 8.61. The number of rotatable bonds is 5. The van der Waals surface area contributed by atoms with Gasteiger partial charge in [0.1, 0.15) is 5.41 Å². The highest BCUT2D eigenvalue weighted by molar-refractivity contribution is 6.04. The van der Waals surface area contributed by atoms with E-state index < -0.39 is 5.41 Å². The molecule has 0 unspecified atom stereocenters. The van der Waals surface area contributed by atoms with E-state index >= 15 is 0 Å². The Labute approximate surface area is 110 Å². The van der Waals surface area contributed by atoms with Crippen molar-refractivity contribution in [2.75, 3.05) is 13.1 Å².